The van der Waals surface area contributed by atoms with Gasteiger partial charge in [0.25, 0.3) is 0 Å². The number of nitriles is 1. The molecular formula is C18H14FN3. The molecular weight excluding hydrogens is 277 g/mol. The van der Waals surface area contributed by atoms with E-state index in [-0.39, 0.29) is 5.82 Å². The molecule has 3 aromatic rings. The molecule has 2 heterocycles. The van der Waals surface area contributed by atoms with E-state index >= 15 is 0 Å². The zero-order chi connectivity index (χ0) is 15.4. The maximum Gasteiger partial charge on any atom is 0.123 e. The van der Waals surface area contributed by atoms with Crippen LogP contribution in [0.1, 0.15) is 18.5 Å². The Bertz CT molecular complexity index is 852. The molecule has 3 rings (SSSR count). The molecule has 0 aliphatic heterocycles. The van der Waals surface area contributed by atoms with Crippen LogP contribution in [-0.2, 0) is 6.42 Å². The van der Waals surface area contributed by atoms with E-state index in [0.29, 0.717) is 17.7 Å². The van der Waals surface area contributed by atoms with E-state index in [1.165, 1.54) is 12.1 Å². The van der Waals surface area contributed by atoms with E-state index < -0.39 is 0 Å². The zero-order valence-electron chi connectivity index (χ0n) is 12.0. The van der Waals surface area contributed by atoms with Crippen LogP contribution < -0.4 is 0 Å². The number of unbranched alkanes of at least 4 members (excludes halogenated alkanes) is 1. The Morgan fingerprint density at radius 2 is 2.05 bits per heavy atom. The van der Waals surface area contributed by atoms with E-state index in [1.54, 1.807) is 12.3 Å². The zero-order valence-corrected chi connectivity index (χ0v) is 12.0. The largest absolute Gasteiger partial charge is 0.254 e. The molecule has 0 aliphatic carbocycles. The minimum Gasteiger partial charge on any atom is -0.254 e. The number of nitrogens with zero attached hydrogens (tertiary/aromatic N) is 3. The Morgan fingerprint density at radius 3 is 2.86 bits per heavy atom. The third kappa shape index (κ3) is 2.94. The molecule has 0 aliphatic rings. The fraction of sp³-hybridized carbons (Fsp3) is 0.167. The van der Waals surface area contributed by atoms with Gasteiger partial charge in [-0.15, -0.1) is 0 Å². The molecule has 0 N–H and O–H groups in total. The summed E-state index contributed by atoms with van der Waals surface area (Å²) in [5.74, 6) is -0.293. The van der Waals surface area contributed by atoms with Gasteiger partial charge in [-0.2, -0.15) is 5.26 Å². The van der Waals surface area contributed by atoms with Gasteiger partial charge in [-0.25, -0.2) is 4.39 Å². The molecule has 0 bridgehead atoms. The first-order valence-corrected chi connectivity index (χ1v) is 7.15. The van der Waals surface area contributed by atoms with Crippen molar-refractivity contribution in [3.05, 3.63) is 60.2 Å². The highest BCUT2D eigenvalue weighted by molar-refractivity contribution is 5.91. The molecule has 1 aromatic carbocycles. The fourth-order valence-corrected chi connectivity index (χ4v) is 2.45. The molecule has 4 heteroatoms. The minimum atomic E-state index is -0.293. The van der Waals surface area contributed by atoms with E-state index in [1.807, 2.05) is 24.3 Å². The molecule has 3 nitrogen and oxygen atoms in total. The molecule has 0 radical (unpaired) electrons. The number of aromatic nitrogens is 2. The predicted octanol–water partition coefficient (Wildman–Crippen LogP) is 4.28. The number of rotatable bonds is 4. The summed E-state index contributed by atoms with van der Waals surface area (Å²) in [5, 5.41) is 9.63. The van der Waals surface area contributed by atoms with Crippen LogP contribution in [0, 0.1) is 17.1 Å². The summed E-state index contributed by atoms with van der Waals surface area (Å²) in [6, 6.07) is 14.4. The van der Waals surface area contributed by atoms with Crippen molar-refractivity contribution in [2.24, 2.45) is 0 Å². The Kier molecular flexibility index (Phi) is 4.06. The van der Waals surface area contributed by atoms with Crippen molar-refractivity contribution in [3.63, 3.8) is 0 Å². The number of benzene rings is 1. The lowest BCUT2D eigenvalue weighted by Crippen LogP contribution is -1.96. The molecule has 0 amide bonds. The van der Waals surface area contributed by atoms with Crippen molar-refractivity contribution in [2.45, 2.75) is 19.3 Å². The Hall–Kier alpha value is -2.80. The summed E-state index contributed by atoms with van der Waals surface area (Å²) in [7, 11) is 0. The lowest BCUT2D eigenvalue weighted by atomic mass is 10.1. The molecule has 0 saturated heterocycles. The third-order valence-corrected chi connectivity index (χ3v) is 3.46. The second kappa shape index (κ2) is 6.31. The lowest BCUT2D eigenvalue weighted by Gasteiger charge is -2.09. The van der Waals surface area contributed by atoms with E-state index in [9.17, 15) is 4.39 Å². The van der Waals surface area contributed by atoms with E-state index in [0.717, 1.165) is 29.4 Å². The highest BCUT2D eigenvalue weighted by Crippen LogP contribution is 2.27. The predicted molar refractivity (Wildman–Crippen MR) is 83.5 cm³/mol. The molecule has 0 unspecified atom stereocenters. The number of fused-ring (bicyclic) bond motifs is 1. The van der Waals surface area contributed by atoms with Crippen LogP contribution in [0.2, 0.25) is 0 Å². The van der Waals surface area contributed by atoms with Crippen LogP contribution in [0.5, 0.6) is 0 Å². The molecule has 22 heavy (non-hydrogen) atoms. The molecule has 0 fully saturated rings. The van der Waals surface area contributed by atoms with Crippen molar-refractivity contribution in [2.75, 3.05) is 0 Å². The van der Waals surface area contributed by atoms with Crippen molar-refractivity contribution < 1.29 is 4.39 Å². The summed E-state index contributed by atoms with van der Waals surface area (Å²) in [4.78, 5) is 9.03. The number of halogens is 1. The first-order valence-electron chi connectivity index (χ1n) is 7.15. The second-order valence-electron chi connectivity index (χ2n) is 5.06. The molecule has 0 saturated carbocycles. The van der Waals surface area contributed by atoms with Crippen molar-refractivity contribution >= 4 is 10.9 Å². The van der Waals surface area contributed by atoms with Crippen LogP contribution in [0.25, 0.3) is 22.2 Å². The van der Waals surface area contributed by atoms with Crippen LogP contribution in [0.15, 0.2) is 48.7 Å². The van der Waals surface area contributed by atoms with Crippen LogP contribution >= 0.6 is 0 Å². The number of hydrogen-bond acceptors (Lipinski definition) is 3. The molecule has 2 aromatic heterocycles. The molecule has 0 spiro atoms. The lowest BCUT2D eigenvalue weighted by molar-refractivity contribution is 0.628. The average molecular weight is 291 g/mol. The van der Waals surface area contributed by atoms with Gasteiger partial charge >= 0.3 is 0 Å². The normalized spacial score (nSPS) is 10.5. The monoisotopic (exact) mass is 291 g/mol. The Labute approximate surface area is 128 Å². The first-order chi connectivity index (χ1) is 10.8. The Balaban J connectivity index is 2.12. The van der Waals surface area contributed by atoms with Crippen LogP contribution in [0.4, 0.5) is 4.39 Å². The summed E-state index contributed by atoms with van der Waals surface area (Å²) in [6.45, 7) is 0. The average Bonchev–Trinajstić information content (AvgIpc) is 2.54. The van der Waals surface area contributed by atoms with Gasteiger partial charge in [0.2, 0.25) is 0 Å². The quantitative estimate of drug-likeness (QED) is 0.674. The second-order valence-corrected chi connectivity index (χ2v) is 5.06. The standard InChI is InChI=1S/C18H14FN3/c19-15-7-3-5-13(11-15)18-17-14(6-4-10-21-17)12-16(22-18)8-1-2-9-20/h3-7,10-12H,1-2,8H2. The highest BCUT2D eigenvalue weighted by Gasteiger charge is 2.10. The van der Waals surface area contributed by atoms with Gasteiger partial charge in [0.15, 0.2) is 0 Å². The first kappa shape index (κ1) is 14.2. The van der Waals surface area contributed by atoms with E-state index in [4.69, 9.17) is 5.26 Å². The molecule has 0 atom stereocenters. The van der Waals surface area contributed by atoms with Crippen LogP contribution in [0.3, 0.4) is 0 Å². The third-order valence-electron chi connectivity index (χ3n) is 3.46. The van der Waals surface area contributed by atoms with Crippen LogP contribution in [-0.4, -0.2) is 9.97 Å². The fourth-order valence-electron chi connectivity index (χ4n) is 2.45. The highest BCUT2D eigenvalue weighted by atomic mass is 19.1. The smallest absolute Gasteiger partial charge is 0.123 e. The maximum absolute atomic E-state index is 13.5. The van der Waals surface area contributed by atoms with Gasteiger partial charge in [-0.3, -0.25) is 9.97 Å². The summed E-state index contributed by atoms with van der Waals surface area (Å²) in [5.41, 5.74) is 3.06. The Morgan fingerprint density at radius 1 is 1.14 bits per heavy atom. The maximum atomic E-state index is 13.5. The topological polar surface area (TPSA) is 49.6 Å². The van der Waals surface area contributed by atoms with Gasteiger partial charge in [0, 0.05) is 29.3 Å². The number of aryl methyl sites for hydroxylation is 1. The SMILES string of the molecule is N#CCCCc1cc2cccnc2c(-c2cccc(F)c2)n1. The van der Waals surface area contributed by atoms with Gasteiger partial charge in [-0.1, -0.05) is 18.2 Å². The number of hydrogen-bond donors (Lipinski definition) is 0. The summed E-state index contributed by atoms with van der Waals surface area (Å²) >= 11 is 0. The van der Waals surface area contributed by atoms with E-state index in [2.05, 4.69) is 16.0 Å². The number of pyridine rings is 2. The van der Waals surface area contributed by atoms with Gasteiger partial charge in [-0.05, 0) is 37.1 Å². The van der Waals surface area contributed by atoms with Crippen molar-refractivity contribution in [1.29, 1.82) is 5.26 Å². The molecule has 108 valence electrons. The van der Waals surface area contributed by atoms with Crippen molar-refractivity contribution in [1.82, 2.24) is 9.97 Å². The van der Waals surface area contributed by atoms with Gasteiger partial charge < -0.3 is 0 Å². The summed E-state index contributed by atoms with van der Waals surface area (Å²) in [6.07, 6.45) is 3.70. The summed E-state index contributed by atoms with van der Waals surface area (Å²) < 4.78 is 13.5. The minimum absolute atomic E-state index is 0.293. The van der Waals surface area contributed by atoms with Gasteiger partial charge in [0.05, 0.1) is 17.3 Å². The van der Waals surface area contributed by atoms with Gasteiger partial charge in [0.1, 0.15) is 5.82 Å². The van der Waals surface area contributed by atoms with Crippen molar-refractivity contribution in [3.8, 4) is 17.3 Å².